The molecule has 1 nitrogen and oxygen atoms in total. The monoisotopic (exact) mass is 112 g/mol. The highest BCUT2D eigenvalue weighted by atomic mass is 16.1. The van der Waals surface area contributed by atoms with Crippen LogP contribution in [0, 0.1) is 5.92 Å². The molecule has 0 bridgehead atoms. The zero-order valence-corrected chi connectivity index (χ0v) is 5.42. The molecule has 46 valence electrons. The Bertz CT molecular complexity index is 84.4. The lowest BCUT2D eigenvalue weighted by molar-refractivity contribution is -0.104. The Hall–Kier alpha value is -0.590. The predicted molar refractivity (Wildman–Crippen MR) is 34.7 cm³/mol. The van der Waals surface area contributed by atoms with Crippen LogP contribution in [0.2, 0.25) is 0 Å². The molecule has 0 aliphatic carbocycles. The molecule has 1 atom stereocenters. The fourth-order valence-electron chi connectivity index (χ4n) is 0.371. The van der Waals surface area contributed by atoms with Crippen LogP contribution in [-0.4, -0.2) is 6.29 Å². The summed E-state index contributed by atoms with van der Waals surface area (Å²) in [6.45, 7) is 4.18. The van der Waals surface area contributed by atoms with Gasteiger partial charge >= 0.3 is 0 Å². The van der Waals surface area contributed by atoms with E-state index in [0.717, 1.165) is 12.7 Å². The molecule has 0 amide bonds. The first-order chi connectivity index (χ1) is 3.81. The van der Waals surface area contributed by atoms with Gasteiger partial charge in [0, 0.05) is 0 Å². The van der Waals surface area contributed by atoms with Crippen molar-refractivity contribution in [1.82, 2.24) is 0 Å². The molecule has 0 aliphatic heterocycles. The van der Waals surface area contributed by atoms with Crippen LogP contribution < -0.4 is 0 Å². The van der Waals surface area contributed by atoms with E-state index in [0.29, 0.717) is 5.92 Å². The molecule has 0 N–H and O–H groups in total. The van der Waals surface area contributed by atoms with Crippen molar-refractivity contribution in [2.24, 2.45) is 5.92 Å². The molecule has 0 aromatic rings. The van der Waals surface area contributed by atoms with E-state index in [2.05, 4.69) is 13.8 Å². The molecule has 0 heterocycles. The fourth-order valence-corrected chi connectivity index (χ4v) is 0.371. The SMILES string of the molecule is CCC(C)/C=C/C=O. The van der Waals surface area contributed by atoms with Gasteiger partial charge in [-0.05, 0) is 12.0 Å². The molecule has 0 saturated carbocycles. The first kappa shape index (κ1) is 7.41. The van der Waals surface area contributed by atoms with E-state index in [1.807, 2.05) is 6.08 Å². The number of carbonyl (C=O) groups is 1. The van der Waals surface area contributed by atoms with Crippen LogP contribution in [0.15, 0.2) is 12.2 Å². The smallest absolute Gasteiger partial charge is 0.142 e. The normalized spacial score (nSPS) is 14.2. The number of aldehydes is 1. The molecule has 0 aromatic heterocycles. The number of hydrogen-bond acceptors (Lipinski definition) is 1. The van der Waals surface area contributed by atoms with E-state index in [-0.39, 0.29) is 0 Å². The fraction of sp³-hybridized carbons (Fsp3) is 0.571. The van der Waals surface area contributed by atoms with Gasteiger partial charge in [-0.1, -0.05) is 26.3 Å². The van der Waals surface area contributed by atoms with Gasteiger partial charge in [0.25, 0.3) is 0 Å². The second kappa shape index (κ2) is 4.57. The first-order valence-corrected chi connectivity index (χ1v) is 2.93. The van der Waals surface area contributed by atoms with Crippen molar-refractivity contribution >= 4 is 6.29 Å². The minimum atomic E-state index is 0.542. The lowest BCUT2D eigenvalue weighted by Crippen LogP contribution is -1.83. The van der Waals surface area contributed by atoms with E-state index in [1.165, 1.54) is 0 Å². The highest BCUT2D eigenvalue weighted by Crippen LogP contribution is 1.99. The molecule has 0 aromatic carbocycles. The third kappa shape index (κ3) is 3.59. The van der Waals surface area contributed by atoms with Crippen LogP contribution in [0.25, 0.3) is 0 Å². The summed E-state index contributed by atoms with van der Waals surface area (Å²) in [5, 5.41) is 0. The van der Waals surface area contributed by atoms with Gasteiger partial charge < -0.3 is 0 Å². The zero-order valence-electron chi connectivity index (χ0n) is 5.42. The van der Waals surface area contributed by atoms with Crippen molar-refractivity contribution in [3.8, 4) is 0 Å². The van der Waals surface area contributed by atoms with E-state index >= 15 is 0 Å². The summed E-state index contributed by atoms with van der Waals surface area (Å²) in [4.78, 5) is 9.74. The second-order valence-electron chi connectivity index (χ2n) is 1.91. The third-order valence-corrected chi connectivity index (χ3v) is 1.16. The summed E-state index contributed by atoms with van der Waals surface area (Å²) < 4.78 is 0. The van der Waals surface area contributed by atoms with Crippen LogP contribution in [0.5, 0.6) is 0 Å². The molecular weight excluding hydrogens is 100 g/mol. The van der Waals surface area contributed by atoms with Crippen molar-refractivity contribution in [3.63, 3.8) is 0 Å². The van der Waals surface area contributed by atoms with Crippen LogP contribution in [0.3, 0.4) is 0 Å². The van der Waals surface area contributed by atoms with Gasteiger partial charge in [0.1, 0.15) is 6.29 Å². The Balaban J connectivity index is 3.35. The summed E-state index contributed by atoms with van der Waals surface area (Å²) in [5.41, 5.74) is 0. The van der Waals surface area contributed by atoms with Gasteiger partial charge in [0.05, 0.1) is 0 Å². The van der Waals surface area contributed by atoms with Gasteiger partial charge in [-0.2, -0.15) is 0 Å². The van der Waals surface area contributed by atoms with Gasteiger partial charge in [0.2, 0.25) is 0 Å². The third-order valence-electron chi connectivity index (χ3n) is 1.16. The summed E-state index contributed by atoms with van der Waals surface area (Å²) in [6, 6.07) is 0. The number of hydrogen-bond donors (Lipinski definition) is 0. The molecule has 0 radical (unpaired) electrons. The molecule has 0 spiro atoms. The topological polar surface area (TPSA) is 17.1 Å². The van der Waals surface area contributed by atoms with Gasteiger partial charge in [-0.15, -0.1) is 0 Å². The maximum absolute atomic E-state index is 9.74. The Labute approximate surface area is 50.4 Å². The standard InChI is InChI=1S/C7H12O/c1-3-7(2)5-4-6-8/h4-7H,3H2,1-2H3/b5-4+. The van der Waals surface area contributed by atoms with E-state index in [1.54, 1.807) is 6.08 Å². The predicted octanol–water partition coefficient (Wildman–Crippen LogP) is 1.79. The molecule has 0 aliphatic rings. The molecule has 0 rings (SSSR count). The van der Waals surface area contributed by atoms with Crippen molar-refractivity contribution in [3.05, 3.63) is 12.2 Å². The average Bonchev–Trinajstić information content (AvgIpc) is 1.83. The quantitative estimate of drug-likeness (QED) is 0.402. The summed E-state index contributed by atoms with van der Waals surface area (Å²) >= 11 is 0. The Kier molecular flexibility index (Phi) is 4.23. The number of rotatable bonds is 3. The van der Waals surface area contributed by atoms with Crippen molar-refractivity contribution in [2.75, 3.05) is 0 Å². The molecule has 0 saturated heterocycles. The van der Waals surface area contributed by atoms with Crippen molar-refractivity contribution < 1.29 is 4.79 Å². The van der Waals surface area contributed by atoms with Gasteiger partial charge in [-0.3, -0.25) is 4.79 Å². The molecule has 1 heteroatoms. The lowest BCUT2D eigenvalue weighted by Gasteiger charge is -1.95. The van der Waals surface area contributed by atoms with E-state index in [9.17, 15) is 4.79 Å². The summed E-state index contributed by atoms with van der Waals surface area (Å²) in [6.07, 6.45) is 5.37. The van der Waals surface area contributed by atoms with Crippen LogP contribution >= 0.6 is 0 Å². The number of carbonyl (C=O) groups excluding carboxylic acids is 1. The maximum Gasteiger partial charge on any atom is 0.142 e. The minimum absolute atomic E-state index is 0.542. The maximum atomic E-state index is 9.74. The van der Waals surface area contributed by atoms with Gasteiger partial charge in [-0.25, -0.2) is 0 Å². The van der Waals surface area contributed by atoms with Gasteiger partial charge in [0.15, 0.2) is 0 Å². The second-order valence-corrected chi connectivity index (χ2v) is 1.91. The van der Waals surface area contributed by atoms with E-state index < -0.39 is 0 Å². The molecular formula is C7H12O. The largest absolute Gasteiger partial charge is 0.299 e. The minimum Gasteiger partial charge on any atom is -0.299 e. The van der Waals surface area contributed by atoms with Crippen LogP contribution in [0.1, 0.15) is 20.3 Å². The molecule has 8 heavy (non-hydrogen) atoms. The molecule has 1 unspecified atom stereocenters. The summed E-state index contributed by atoms with van der Waals surface area (Å²) in [7, 11) is 0. The van der Waals surface area contributed by atoms with Crippen LogP contribution in [0.4, 0.5) is 0 Å². The van der Waals surface area contributed by atoms with Crippen LogP contribution in [-0.2, 0) is 4.79 Å². The highest BCUT2D eigenvalue weighted by molar-refractivity contribution is 5.64. The Morgan fingerprint density at radius 3 is 2.62 bits per heavy atom. The van der Waals surface area contributed by atoms with Crippen molar-refractivity contribution in [2.45, 2.75) is 20.3 Å². The Morgan fingerprint density at radius 1 is 1.62 bits per heavy atom. The zero-order chi connectivity index (χ0) is 6.41. The highest BCUT2D eigenvalue weighted by Gasteiger charge is 1.87. The number of allylic oxidation sites excluding steroid dienone is 2. The summed E-state index contributed by atoms with van der Waals surface area (Å²) in [5.74, 6) is 0.542. The first-order valence-electron chi connectivity index (χ1n) is 2.93. The van der Waals surface area contributed by atoms with E-state index in [4.69, 9.17) is 0 Å². The van der Waals surface area contributed by atoms with Crippen molar-refractivity contribution in [1.29, 1.82) is 0 Å². The Morgan fingerprint density at radius 2 is 2.25 bits per heavy atom. The molecule has 0 fully saturated rings. The lowest BCUT2D eigenvalue weighted by atomic mass is 10.1. The average molecular weight is 112 g/mol.